The topological polar surface area (TPSA) is 100 Å². The van der Waals surface area contributed by atoms with Crippen molar-refractivity contribution in [3.05, 3.63) is 74.6 Å². The minimum atomic E-state index is 0.0969. The maximum absolute atomic E-state index is 8.69. The van der Waals surface area contributed by atoms with Crippen molar-refractivity contribution in [3.8, 4) is 5.75 Å². The first kappa shape index (κ1) is 25.9. The van der Waals surface area contributed by atoms with Crippen LogP contribution >= 0.6 is 47.4 Å². The summed E-state index contributed by atoms with van der Waals surface area (Å²) in [5.41, 5.74) is 8.96. The molecule has 2 saturated heterocycles. The fourth-order valence-electron chi connectivity index (χ4n) is 4.13. The first-order valence-corrected chi connectivity index (χ1v) is 12.8. The molecular weight excluding hydrogens is 527 g/mol. The minimum absolute atomic E-state index is 0.0969. The number of nitrogens with two attached hydrogens (primary N) is 1. The van der Waals surface area contributed by atoms with Gasteiger partial charge in [0.05, 0.1) is 20.8 Å². The molecule has 4 heterocycles. The molecule has 1 aromatic carbocycles. The number of hydrogen-bond donors (Lipinski definition) is 4. The second-order valence-electron chi connectivity index (χ2n) is 8.48. The molecule has 0 radical (unpaired) electrons. The van der Waals surface area contributed by atoms with Gasteiger partial charge in [0, 0.05) is 72.6 Å². The maximum atomic E-state index is 8.69. The predicted octanol–water partition coefficient (Wildman–Crippen LogP) is 4.97. The van der Waals surface area contributed by atoms with E-state index in [0.717, 1.165) is 32.0 Å². The highest BCUT2D eigenvalue weighted by atomic mass is 35.5. The molecule has 35 heavy (non-hydrogen) atoms. The van der Waals surface area contributed by atoms with Crippen molar-refractivity contribution in [1.29, 1.82) is 5.41 Å². The summed E-state index contributed by atoms with van der Waals surface area (Å²) in [6, 6.07) is 7.06. The summed E-state index contributed by atoms with van der Waals surface area (Å²) in [6.45, 7) is 4.28. The van der Waals surface area contributed by atoms with Gasteiger partial charge in [-0.3, -0.25) is 10.4 Å². The minimum Gasteiger partial charge on any atom is -0.487 e. The molecular formula is C24H25Cl3N6OS. The fraction of sp³-hybridized carbons (Fsp3) is 0.292. The SMILES string of the molecule is CS.N=C(c1ccc(N2CC3(CNC3)C2)nc1)c1cc(OCc2c(Cl)cncc2Cl)c(Cl)cc1N. The van der Waals surface area contributed by atoms with Crippen molar-refractivity contribution in [1.82, 2.24) is 15.3 Å². The molecule has 1 spiro atoms. The Labute approximate surface area is 224 Å². The summed E-state index contributed by atoms with van der Waals surface area (Å²) in [5, 5.41) is 13.1. The van der Waals surface area contributed by atoms with Crippen LogP contribution in [-0.4, -0.2) is 48.1 Å². The molecule has 2 aromatic heterocycles. The number of rotatable bonds is 6. The summed E-state index contributed by atoms with van der Waals surface area (Å²) < 4.78 is 5.87. The van der Waals surface area contributed by atoms with E-state index >= 15 is 0 Å². The summed E-state index contributed by atoms with van der Waals surface area (Å²) in [6.07, 6.45) is 6.39. The highest BCUT2D eigenvalue weighted by Crippen LogP contribution is 2.37. The monoisotopic (exact) mass is 550 g/mol. The van der Waals surface area contributed by atoms with E-state index in [2.05, 4.69) is 32.8 Å². The smallest absolute Gasteiger partial charge is 0.139 e. The molecule has 2 aliphatic heterocycles. The van der Waals surface area contributed by atoms with Gasteiger partial charge in [-0.1, -0.05) is 34.8 Å². The molecule has 0 unspecified atom stereocenters. The highest BCUT2D eigenvalue weighted by molar-refractivity contribution is 7.79. The number of pyridine rings is 2. The lowest BCUT2D eigenvalue weighted by Gasteiger charge is -2.56. The maximum Gasteiger partial charge on any atom is 0.139 e. The highest BCUT2D eigenvalue weighted by Gasteiger charge is 2.47. The predicted molar refractivity (Wildman–Crippen MR) is 147 cm³/mol. The van der Waals surface area contributed by atoms with Crippen LogP contribution in [0.2, 0.25) is 15.1 Å². The Kier molecular flexibility index (Phi) is 7.98. The number of anilines is 2. The van der Waals surface area contributed by atoms with Crippen molar-refractivity contribution in [2.75, 3.05) is 43.1 Å². The van der Waals surface area contributed by atoms with Crippen molar-refractivity contribution >= 4 is 64.6 Å². The van der Waals surface area contributed by atoms with Crippen LogP contribution in [0, 0.1) is 10.8 Å². The summed E-state index contributed by atoms with van der Waals surface area (Å²) in [4.78, 5) is 10.8. The lowest BCUT2D eigenvalue weighted by atomic mass is 9.74. The lowest BCUT2D eigenvalue weighted by Crippen LogP contribution is -2.71. The number of aromatic nitrogens is 2. The van der Waals surface area contributed by atoms with Crippen LogP contribution < -0.4 is 20.7 Å². The number of benzene rings is 1. The van der Waals surface area contributed by atoms with Crippen LogP contribution in [0.3, 0.4) is 0 Å². The van der Waals surface area contributed by atoms with E-state index in [1.807, 2.05) is 12.1 Å². The third kappa shape index (κ3) is 5.32. The van der Waals surface area contributed by atoms with Gasteiger partial charge in [0.1, 0.15) is 18.2 Å². The van der Waals surface area contributed by atoms with Gasteiger partial charge in [-0.25, -0.2) is 4.98 Å². The zero-order valence-electron chi connectivity index (χ0n) is 19.0. The first-order chi connectivity index (χ1) is 16.8. The molecule has 2 aliphatic rings. The largest absolute Gasteiger partial charge is 0.487 e. The van der Waals surface area contributed by atoms with Crippen LogP contribution in [-0.2, 0) is 6.61 Å². The van der Waals surface area contributed by atoms with E-state index in [1.165, 1.54) is 12.4 Å². The molecule has 5 rings (SSSR count). The van der Waals surface area contributed by atoms with Crippen molar-refractivity contribution in [3.63, 3.8) is 0 Å². The molecule has 0 aliphatic carbocycles. The second kappa shape index (κ2) is 10.8. The van der Waals surface area contributed by atoms with E-state index < -0.39 is 0 Å². The third-order valence-corrected chi connectivity index (χ3v) is 7.06. The van der Waals surface area contributed by atoms with E-state index in [9.17, 15) is 0 Å². The number of ether oxygens (including phenoxy) is 1. The van der Waals surface area contributed by atoms with Crippen LogP contribution in [0.5, 0.6) is 5.75 Å². The second-order valence-corrected chi connectivity index (χ2v) is 9.70. The zero-order valence-corrected chi connectivity index (χ0v) is 22.1. The van der Waals surface area contributed by atoms with E-state index in [0.29, 0.717) is 48.6 Å². The van der Waals surface area contributed by atoms with Gasteiger partial charge in [0.15, 0.2) is 0 Å². The van der Waals surface area contributed by atoms with Crippen LogP contribution in [0.25, 0.3) is 0 Å². The molecule has 0 bridgehead atoms. The van der Waals surface area contributed by atoms with Crippen molar-refractivity contribution < 1.29 is 4.74 Å². The molecule has 11 heteroatoms. The standard InChI is InChI=1S/C23H21Cl3N6O.CH4S/c24-16-4-19(27)14(3-20(16)33-8-15-17(25)6-29-7-18(15)26)22(28)13-1-2-21(31-5-13)32-11-23(12-32)9-30-10-23;1-2/h1-7,28,30H,8-12,27H2;2H,1H3. The van der Waals surface area contributed by atoms with Crippen LogP contribution in [0.1, 0.15) is 16.7 Å². The summed E-state index contributed by atoms with van der Waals surface area (Å²) in [5.74, 6) is 1.29. The summed E-state index contributed by atoms with van der Waals surface area (Å²) in [7, 11) is 0. The Morgan fingerprint density at radius 3 is 2.37 bits per heavy atom. The van der Waals surface area contributed by atoms with Crippen LogP contribution in [0.15, 0.2) is 42.9 Å². The van der Waals surface area contributed by atoms with Gasteiger partial charge in [0.2, 0.25) is 0 Å². The number of thiol groups is 1. The van der Waals surface area contributed by atoms with Gasteiger partial charge < -0.3 is 20.7 Å². The average molecular weight is 552 g/mol. The fourth-order valence-corrected chi connectivity index (χ4v) is 4.83. The van der Waals surface area contributed by atoms with E-state index in [1.54, 1.807) is 24.6 Å². The molecule has 0 saturated carbocycles. The number of nitrogens with zero attached hydrogens (tertiary/aromatic N) is 3. The molecule has 3 aromatic rings. The number of nitrogen functional groups attached to an aromatic ring is 1. The number of halogens is 3. The van der Waals surface area contributed by atoms with Gasteiger partial charge in [-0.2, -0.15) is 12.6 Å². The van der Waals surface area contributed by atoms with Crippen molar-refractivity contribution in [2.45, 2.75) is 6.61 Å². The molecule has 4 N–H and O–H groups in total. The lowest BCUT2D eigenvalue weighted by molar-refractivity contribution is 0.120. The molecule has 0 amide bonds. The van der Waals surface area contributed by atoms with E-state index in [-0.39, 0.29) is 12.3 Å². The Morgan fingerprint density at radius 2 is 1.80 bits per heavy atom. The molecule has 184 valence electrons. The Hall–Kier alpha value is -2.23. The van der Waals surface area contributed by atoms with E-state index in [4.69, 9.17) is 50.7 Å². The number of hydrogen-bond acceptors (Lipinski definition) is 8. The average Bonchev–Trinajstić information content (AvgIpc) is 2.79. The Bertz CT molecular complexity index is 1210. The molecule has 0 atom stereocenters. The molecule has 7 nitrogen and oxygen atoms in total. The van der Waals surface area contributed by atoms with Gasteiger partial charge in [-0.05, 0) is 30.5 Å². The zero-order chi connectivity index (χ0) is 25.2. The third-order valence-electron chi connectivity index (χ3n) is 6.11. The van der Waals surface area contributed by atoms with Crippen LogP contribution in [0.4, 0.5) is 11.5 Å². The van der Waals surface area contributed by atoms with Gasteiger partial charge in [-0.15, -0.1) is 0 Å². The Balaban J connectivity index is 0.00000141. The quantitative estimate of drug-likeness (QED) is 0.196. The number of nitrogens with one attached hydrogen (secondary N) is 2. The van der Waals surface area contributed by atoms with Gasteiger partial charge >= 0.3 is 0 Å². The van der Waals surface area contributed by atoms with Gasteiger partial charge in [0.25, 0.3) is 0 Å². The first-order valence-electron chi connectivity index (χ1n) is 10.8. The molecule has 2 fully saturated rings. The Morgan fingerprint density at radius 1 is 1.11 bits per heavy atom. The summed E-state index contributed by atoms with van der Waals surface area (Å²) >= 11 is 22.2. The normalized spacial score (nSPS) is 15.5. The van der Waals surface area contributed by atoms with Crippen molar-refractivity contribution in [2.24, 2.45) is 5.41 Å².